The fraction of sp³-hybridized carbons (Fsp3) is 0.538. The Labute approximate surface area is 134 Å². The van der Waals surface area contributed by atoms with E-state index in [9.17, 15) is 8.42 Å². The second-order valence-corrected chi connectivity index (χ2v) is 7.19. The highest BCUT2D eigenvalue weighted by molar-refractivity contribution is 9.10. The second kappa shape index (κ2) is 8.70. The molecule has 0 spiro atoms. The van der Waals surface area contributed by atoms with E-state index in [-0.39, 0.29) is 4.90 Å². The molecule has 120 valence electrons. The first-order chi connectivity index (χ1) is 9.93. The Morgan fingerprint density at radius 3 is 2.43 bits per heavy atom. The predicted octanol–water partition coefficient (Wildman–Crippen LogP) is 1.70. The molecule has 0 radical (unpaired) electrons. The van der Waals surface area contributed by atoms with E-state index in [1.165, 1.54) is 10.4 Å². The molecule has 8 heteroatoms. The molecular weight excluding hydrogens is 360 g/mol. The van der Waals surface area contributed by atoms with Gasteiger partial charge in [0.15, 0.2) is 0 Å². The van der Waals surface area contributed by atoms with Crippen LogP contribution in [-0.2, 0) is 19.5 Å². The molecule has 21 heavy (non-hydrogen) atoms. The van der Waals surface area contributed by atoms with E-state index in [1.54, 1.807) is 26.4 Å². The number of methoxy groups -OCH3 is 2. The van der Waals surface area contributed by atoms with Gasteiger partial charge in [0.1, 0.15) is 0 Å². The average Bonchev–Trinajstić information content (AvgIpc) is 2.42. The number of nitrogen functional groups attached to an aromatic ring is 1. The first-order valence-electron chi connectivity index (χ1n) is 6.46. The van der Waals surface area contributed by atoms with E-state index >= 15 is 0 Å². The van der Waals surface area contributed by atoms with Crippen LogP contribution < -0.4 is 5.73 Å². The van der Waals surface area contributed by atoms with Crippen molar-refractivity contribution in [2.75, 3.05) is 46.3 Å². The Hall–Kier alpha value is -0.670. The molecule has 0 aromatic heterocycles. The highest BCUT2D eigenvalue weighted by atomic mass is 79.9. The number of nitrogens with zero attached hydrogens (tertiary/aromatic N) is 1. The molecule has 1 aromatic rings. The van der Waals surface area contributed by atoms with Gasteiger partial charge in [0.25, 0.3) is 0 Å². The number of halogens is 1. The molecule has 0 saturated carbocycles. The van der Waals surface area contributed by atoms with Crippen molar-refractivity contribution in [2.24, 2.45) is 0 Å². The van der Waals surface area contributed by atoms with Crippen LogP contribution >= 0.6 is 15.9 Å². The van der Waals surface area contributed by atoms with Crippen molar-refractivity contribution in [2.45, 2.75) is 11.3 Å². The zero-order chi connectivity index (χ0) is 15.9. The summed E-state index contributed by atoms with van der Waals surface area (Å²) in [5.74, 6) is 0. The molecular formula is C13H21BrN2O4S. The van der Waals surface area contributed by atoms with Gasteiger partial charge >= 0.3 is 0 Å². The van der Waals surface area contributed by atoms with Gasteiger partial charge in [0.2, 0.25) is 10.0 Å². The van der Waals surface area contributed by atoms with Gasteiger partial charge in [0, 0.05) is 44.1 Å². The Morgan fingerprint density at radius 2 is 1.86 bits per heavy atom. The van der Waals surface area contributed by atoms with Crippen LogP contribution in [0.5, 0.6) is 0 Å². The molecule has 0 saturated heterocycles. The van der Waals surface area contributed by atoms with Crippen molar-refractivity contribution in [1.29, 1.82) is 0 Å². The lowest BCUT2D eigenvalue weighted by Gasteiger charge is -2.22. The van der Waals surface area contributed by atoms with Gasteiger partial charge in [-0.2, -0.15) is 4.31 Å². The Morgan fingerprint density at radius 1 is 1.19 bits per heavy atom. The number of ether oxygens (including phenoxy) is 2. The number of sulfonamides is 1. The van der Waals surface area contributed by atoms with Crippen LogP contribution in [0.15, 0.2) is 27.6 Å². The maximum absolute atomic E-state index is 12.7. The summed E-state index contributed by atoms with van der Waals surface area (Å²) in [6, 6.07) is 4.66. The van der Waals surface area contributed by atoms with Gasteiger partial charge < -0.3 is 15.2 Å². The zero-order valence-electron chi connectivity index (χ0n) is 12.2. The highest BCUT2D eigenvalue weighted by Crippen LogP contribution is 2.27. The Balaban J connectivity index is 3.01. The summed E-state index contributed by atoms with van der Waals surface area (Å²) in [6.07, 6.45) is 0.617. The SMILES string of the molecule is COCCCN(CCOC)S(=O)(=O)c1ccc(N)cc1Br. The van der Waals surface area contributed by atoms with E-state index in [0.717, 1.165) is 0 Å². The second-order valence-electron chi connectivity index (χ2n) is 4.43. The number of anilines is 1. The van der Waals surface area contributed by atoms with E-state index in [2.05, 4.69) is 15.9 Å². The summed E-state index contributed by atoms with van der Waals surface area (Å²) >= 11 is 3.26. The van der Waals surface area contributed by atoms with Crippen molar-refractivity contribution >= 4 is 31.6 Å². The van der Waals surface area contributed by atoms with Crippen LogP contribution in [-0.4, -0.2) is 53.2 Å². The molecule has 6 nitrogen and oxygen atoms in total. The lowest BCUT2D eigenvalue weighted by Crippen LogP contribution is -2.35. The Bertz CT molecular complexity index is 551. The van der Waals surface area contributed by atoms with Crippen LogP contribution in [0.1, 0.15) is 6.42 Å². The maximum Gasteiger partial charge on any atom is 0.244 e. The largest absolute Gasteiger partial charge is 0.399 e. The average molecular weight is 381 g/mol. The number of rotatable bonds is 9. The number of hydrogen-bond donors (Lipinski definition) is 1. The molecule has 0 fully saturated rings. The molecule has 0 amide bonds. The summed E-state index contributed by atoms with van der Waals surface area (Å²) in [5, 5.41) is 0. The molecule has 0 bridgehead atoms. The van der Waals surface area contributed by atoms with Gasteiger partial charge in [0.05, 0.1) is 11.5 Å². The Kier molecular flexibility index (Phi) is 7.61. The predicted molar refractivity (Wildman–Crippen MR) is 85.7 cm³/mol. The van der Waals surface area contributed by atoms with Crippen LogP contribution in [0.4, 0.5) is 5.69 Å². The maximum atomic E-state index is 12.7. The van der Waals surface area contributed by atoms with Crippen molar-refractivity contribution in [1.82, 2.24) is 4.31 Å². The van der Waals surface area contributed by atoms with Gasteiger partial charge in [-0.15, -0.1) is 0 Å². The first-order valence-corrected chi connectivity index (χ1v) is 8.70. The number of benzene rings is 1. The zero-order valence-corrected chi connectivity index (χ0v) is 14.6. The lowest BCUT2D eigenvalue weighted by molar-refractivity contribution is 0.164. The summed E-state index contributed by atoms with van der Waals surface area (Å²) in [4.78, 5) is 0.199. The van der Waals surface area contributed by atoms with Crippen molar-refractivity contribution in [3.63, 3.8) is 0 Å². The standard InChI is InChI=1S/C13H21BrN2O4S/c1-19-8-3-6-16(7-9-20-2)21(17,18)13-5-4-11(15)10-12(13)14/h4-5,10H,3,6-9,15H2,1-2H3. The number of nitrogens with two attached hydrogens (primary N) is 1. The van der Waals surface area contributed by atoms with E-state index in [1.807, 2.05) is 0 Å². The normalized spacial score (nSPS) is 12.0. The minimum Gasteiger partial charge on any atom is -0.399 e. The van der Waals surface area contributed by atoms with E-state index in [0.29, 0.717) is 42.9 Å². The van der Waals surface area contributed by atoms with Gasteiger partial charge in [-0.05, 0) is 40.5 Å². The molecule has 1 aromatic carbocycles. The van der Waals surface area contributed by atoms with Gasteiger partial charge in [-0.3, -0.25) is 0 Å². The molecule has 2 N–H and O–H groups in total. The lowest BCUT2D eigenvalue weighted by atomic mass is 10.3. The van der Waals surface area contributed by atoms with Crippen molar-refractivity contribution < 1.29 is 17.9 Å². The minimum absolute atomic E-state index is 0.199. The molecule has 0 aliphatic carbocycles. The fourth-order valence-electron chi connectivity index (χ4n) is 1.80. The van der Waals surface area contributed by atoms with Crippen LogP contribution in [0, 0.1) is 0 Å². The van der Waals surface area contributed by atoms with E-state index < -0.39 is 10.0 Å². The third-order valence-corrected chi connectivity index (χ3v) is 5.75. The smallest absolute Gasteiger partial charge is 0.244 e. The molecule has 0 aliphatic heterocycles. The molecule has 0 atom stereocenters. The highest BCUT2D eigenvalue weighted by Gasteiger charge is 2.26. The van der Waals surface area contributed by atoms with Gasteiger partial charge in [-0.1, -0.05) is 0 Å². The van der Waals surface area contributed by atoms with Crippen molar-refractivity contribution in [3.8, 4) is 0 Å². The van der Waals surface area contributed by atoms with Gasteiger partial charge in [-0.25, -0.2) is 8.42 Å². The van der Waals surface area contributed by atoms with Crippen LogP contribution in [0.3, 0.4) is 0 Å². The fourth-order valence-corrected chi connectivity index (χ4v) is 4.31. The summed E-state index contributed by atoms with van der Waals surface area (Å²) in [7, 11) is -0.477. The van der Waals surface area contributed by atoms with Crippen molar-refractivity contribution in [3.05, 3.63) is 22.7 Å². The third-order valence-electron chi connectivity index (χ3n) is 2.87. The third kappa shape index (κ3) is 5.23. The summed E-state index contributed by atoms with van der Waals surface area (Å²) < 4.78 is 37.3. The summed E-state index contributed by atoms with van der Waals surface area (Å²) in [5.41, 5.74) is 6.15. The summed E-state index contributed by atoms with van der Waals surface area (Å²) in [6.45, 7) is 1.50. The molecule has 0 unspecified atom stereocenters. The minimum atomic E-state index is -3.61. The molecule has 0 heterocycles. The topological polar surface area (TPSA) is 81.9 Å². The first kappa shape index (κ1) is 18.4. The number of hydrogen-bond acceptors (Lipinski definition) is 5. The van der Waals surface area contributed by atoms with Crippen LogP contribution in [0.25, 0.3) is 0 Å². The monoisotopic (exact) mass is 380 g/mol. The van der Waals surface area contributed by atoms with Crippen LogP contribution in [0.2, 0.25) is 0 Å². The quantitative estimate of drug-likeness (QED) is 0.520. The molecule has 1 rings (SSSR count). The molecule has 0 aliphatic rings. The van der Waals surface area contributed by atoms with E-state index in [4.69, 9.17) is 15.2 Å².